The van der Waals surface area contributed by atoms with E-state index in [0.717, 1.165) is 5.56 Å². The van der Waals surface area contributed by atoms with Crippen molar-refractivity contribution in [2.75, 3.05) is 7.11 Å². The number of hydrogen-bond acceptors (Lipinski definition) is 6. The second-order valence-corrected chi connectivity index (χ2v) is 5.75. The Morgan fingerprint density at radius 3 is 2.64 bits per heavy atom. The zero-order chi connectivity index (χ0) is 16.2. The van der Waals surface area contributed by atoms with E-state index in [1.807, 2.05) is 16.8 Å². The van der Waals surface area contributed by atoms with E-state index in [1.54, 1.807) is 18.2 Å². The third-order valence-corrected chi connectivity index (χ3v) is 4.15. The fourth-order valence-corrected chi connectivity index (χ4v) is 3.07. The van der Waals surface area contributed by atoms with Gasteiger partial charge in [-0.2, -0.15) is 11.3 Å². The monoisotopic (exact) mass is 319 g/mol. The van der Waals surface area contributed by atoms with Crippen molar-refractivity contribution in [3.05, 3.63) is 52.2 Å². The molecule has 0 aliphatic rings. The maximum absolute atomic E-state index is 12.1. The van der Waals surface area contributed by atoms with E-state index in [2.05, 4.69) is 4.74 Å². The molecule has 2 rings (SSSR count). The molecule has 3 N–H and O–H groups in total. The van der Waals surface area contributed by atoms with Crippen molar-refractivity contribution in [2.45, 2.75) is 18.4 Å². The summed E-state index contributed by atoms with van der Waals surface area (Å²) < 4.78 is 4.51. The van der Waals surface area contributed by atoms with Crippen molar-refractivity contribution in [1.82, 2.24) is 0 Å². The molecule has 0 radical (unpaired) electrons. The fraction of sp³-hybridized carbons (Fsp3) is 0.250. The molecule has 0 bridgehead atoms. The van der Waals surface area contributed by atoms with Crippen molar-refractivity contribution in [1.29, 1.82) is 0 Å². The van der Waals surface area contributed by atoms with Crippen molar-refractivity contribution in [2.24, 2.45) is 5.73 Å². The Balaban J connectivity index is 2.38. The number of methoxy groups -OCH3 is 1. The first kappa shape index (κ1) is 16.2. The van der Waals surface area contributed by atoms with Gasteiger partial charge in [0.05, 0.1) is 12.6 Å². The first-order chi connectivity index (χ1) is 10.5. The van der Waals surface area contributed by atoms with Crippen molar-refractivity contribution in [3.63, 3.8) is 0 Å². The van der Waals surface area contributed by atoms with Crippen molar-refractivity contribution in [3.8, 4) is 5.75 Å². The van der Waals surface area contributed by atoms with Gasteiger partial charge in [0.1, 0.15) is 18.0 Å². The van der Waals surface area contributed by atoms with Gasteiger partial charge < -0.3 is 15.6 Å². The number of esters is 1. The Hall–Kier alpha value is -2.18. The number of rotatable bonds is 6. The standard InChI is InChI=1S/C16H17NO4S/c1-21-15(20)8-12(18)9-16(17,11-6-7-22-10-11)13-4-2-3-5-14(13)19/h2-7,10,19H,8-9,17H2,1H3. The third kappa shape index (κ3) is 3.35. The minimum atomic E-state index is -1.18. The zero-order valence-electron chi connectivity index (χ0n) is 12.1. The van der Waals surface area contributed by atoms with Crippen LogP contribution in [0.3, 0.4) is 0 Å². The number of ether oxygens (including phenoxy) is 1. The van der Waals surface area contributed by atoms with Gasteiger partial charge >= 0.3 is 5.97 Å². The summed E-state index contributed by atoms with van der Waals surface area (Å²) >= 11 is 1.45. The van der Waals surface area contributed by atoms with Gasteiger partial charge in [-0.05, 0) is 28.5 Å². The molecule has 0 spiro atoms. The zero-order valence-corrected chi connectivity index (χ0v) is 12.9. The predicted octanol–water partition coefficient (Wildman–Crippen LogP) is 2.18. The minimum Gasteiger partial charge on any atom is -0.508 e. The molecule has 116 valence electrons. The van der Waals surface area contributed by atoms with Crippen LogP contribution >= 0.6 is 11.3 Å². The molecule has 1 atom stereocenters. The van der Waals surface area contributed by atoms with E-state index in [0.29, 0.717) is 5.56 Å². The Kier molecular flexibility index (Phi) is 4.95. The summed E-state index contributed by atoms with van der Waals surface area (Å²) in [5, 5.41) is 13.8. The number of hydrogen-bond donors (Lipinski definition) is 2. The van der Waals surface area contributed by atoms with Gasteiger partial charge in [-0.3, -0.25) is 9.59 Å². The van der Waals surface area contributed by atoms with Gasteiger partial charge in [0.15, 0.2) is 0 Å². The van der Waals surface area contributed by atoms with Crippen LogP contribution in [-0.4, -0.2) is 24.0 Å². The van der Waals surface area contributed by atoms with Crippen LogP contribution < -0.4 is 5.73 Å². The molecule has 0 aliphatic heterocycles. The van der Waals surface area contributed by atoms with E-state index >= 15 is 0 Å². The molecule has 1 aromatic carbocycles. The normalized spacial score (nSPS) is 13.4. The van der Waals surface area contributed by atoms with Gasteiger partial charge in [-0.15, -0.1) is 0 Å². The van der Waals surface area contributed by atoms with Gasteiger partial charge in [0, 0.05) is 12.0 Å². The van der Waals surface area contributed by atoms with Crippen molar-refractivity contribution < 1.29 is 19.4 Å². The summed E-state index contributed by atoms with van der Waals surface area (Å²) in [7, 11) is 1.23. The number of carbonyl (C=O) groups is 2. The van der Waals surface area contributed by atoms with Crippen LogP contribution in [0.15, 0.2) is 41.1 Å². The van der Waals surface area contributed by atoms with Gasteiger partial charge in [-0.1, -0.05) is 18.2 Å². The van der Waals surface area contributed by atoms with Crippen LogP contribution in [0.1, 0.15) is 24.0 Å². The summed E-state index contributed by atoms with van der Waals surface area (Å²) in [5.74, 6) is -0.930. The fourth-order valence-electron chi connectivity index (χ4n) is 2.33. The predicted molar refractivity (Wildman–Crippen MR) is 83.7 cm³/mol. The SMILES string of the molecule is COC(=O)CC(=O)CC(N)(c1ccsc1)c1ccccc1O. The topological polar surface area (TPSA) is 89.6 Å². The summed E-state index contributed by atoms with van der Waals surface area (Å²) in [6, 6.07) is 8.44. The van der Waals surface area contributed by atoms with Crippen LogP contribution in [0.25, 0.3) is 0 Å². The lowest BCUT2D eigenvalue weighted by Crippen LogP contribution is -2.40. The average Bonchev–Trinajstić information content (AvgIpc) is 3.02. The van der Waals surface area contributed by atoms with Crippen LogP contribution in [0.2, 0.25) is 0 Å². The van der Waals surface area contributed by atoms with Gasteiger partial charge in [0.25, 0.3) is 0 Å². The maximum Gasteiger partial charge on any atom is 0.313 e. The summed E-state index contributed by atoms with van der Waals surface area (Å²) in [6.45, 7) is 0. The first-order valence-electron chi connectivity index (χ1n) is 6.66. The molecule has 1 aromatic heterocycles. The number of para-hydroxylation sites is 1. The maximum atomic E-state index is 12.1. The number of nitrogens with two attached hydrogens (primary N) is 1. The van der Waals surface area contributed by atoms with E-state index in [-0.39, 0.29) is 24.4 Å². The number of aromatic hydroxyl groups is 1. The van der Waals surface area contributed by atoms with Crippen LogP contribution in [-0.2, 0) is 19.9 Å². The van der Waals surface area contributed by atoms with E-state index in [9.17, 15) is 14.7 Å². The van der Waals surface area contributed by atoms with E-state index in [1.165, 1.54) is 24.5 Å². The Labute approximate surface area is 132 Å². The smallest absolute Gasteiger partial charge is 0.313 e. The molecule has 5 nitrogen and oxygen atoms in total. The number of phenolic OH excluding ortho intramolecular Hbond substituents is 1. The molecule has 0 saturated carbocycles. The molecule has 0 fully saturated rings. The highest BCUT2D eigenvalue weighted by Gasteiger charge is 2.35. The molecule has 0 aliphatic carbocycles. The Morgan fingerprint density at radius 1 is 1.32 bits per heavy atom. The number of thiophene rings is 1. The van der Waals surface area contributed by atoms with Crippen LogP contribution in [0.5, 0.6) is 5.75 Å². The second kappa shape index (κ2) is 6.72. The molecule has 1 heterocycles. The van der Waals surface area contributed by atoms with Crippen LogP contribution in [0.4, 0.5) is 0 Å². The van der Waals surface area contributed by atoms with Gasteiger partial charge in [0.2, 0.25) is 0 Å². The quantitative estimate of drug-likeness (QED) is 0.629. The molecule has 0 amide bonds. The van der Waals surface area contributed by atoms with Crippen LogP contribution in [0, 0.1) is 0 Å². The van der Waals surface area contributed by atoms with Gasteiger partial charge in [-0.25, -0.2) is 0 Å². The highest BCUT2D eigenvalue weighted by molar-refractivity contribution is 7.08. The molecular weight excluding hydrogens is 302 g/mol. The lowest BCUT2D eigenvalue weighted by Gasteiger charge is -2.29. The number of Topliss-reactive ketones (excluding diaryl/α,β-unsaturated/α-hetero) is 1. The summed E-state index contributed by atoms with van der Waals surface area (Å²) in [5.41, 5.74) is 6.46. The van der Waals surface area contributed by atoms with E-state index < -0.39 is 11.5 Å². The molecule has 6 heteroatoms. The number of phenols is 1. The third-order valence-electron chi connectivity index (χ3n) is 3.47. The first-order valence-corrected chi connectivity index (χ1v) is 7.60. The average molecular weight is 319 g/mol. The van der Waals surface area contributed by atoms with Crippen molar-refractivity contribution >= 4 is 23.1 Å². The molecular formula is C16H17NO4S. The molecule has 22 heavy (non-hydrogen) atoms. The number of ketones is 1. The summed E-state index contributed by atoms with van der Waals surface area (Å²) in [4.78, 5) is 23.4. The highest BCUT2D eigenvalue weighted by Crippen LogP contribution is 2.37. The highest BCUT2D eigenvalue weighted by atomic mass is 32.1. The Morgan fingerprint density at radius 2 is 2.05 bits per heavy atom. The second-order valence-electron chi connectivity index (χ2n) is 4.97. The van der Waals surface area contributed by atoms with E-state index in [4.69, 9.17) is 5.73 Å². The largest absolute Gasteiger partial charge is 0.508 e. The number of benzene rings is 1. The lowest BCUT2D eigenvalue weighted by molar-refractivity contribution is -0.143. The lowest BCUT2D eigenvalue weighted by atomic mass is 9.80. The summed E-state index contributed by atoms with van der Waals surface area (Å²) in [6.07, 6.45) is -0.441. The minimum absolute atomic E-state index is 0.0158. The Bertz CT molecular complexity index is 669. The molecule has 1 unspecified atom stereocenters. The number of carbonyl (C=O) groups excluding carboxylic acids is 2. The molecule has 2 aromatic rings. The molecule has 0 saturated heterocycles.